The quantitative estimate of drug-likeness (QED) is 0.694. The van der Waals surface area contributed by atoms with E-state index in [0.717, 1.165) is 5.57 Å². The molecule has 1 rings (SSSR count). The molecule has 0 saturated carbocycles. The van der Waals surface area contributed by atoms with E-state index in [1.165, 1.54) is 0 Å². The highest BCUT2D eigenvalue weighted by molar-refractivity contribution is 5.84. The molecule has 1 heterocycles. The van der Waals surface area contributed by atoms with Gasteiger partial charge in [0.05, 0.1) is 0 Å². The first-order valence-corrected chi connectivity index (χ1v) is 5.77. The fourth-order valence-corrected chi connectivity index (χ4v) is 2.26. The van der Waals surface area contributed by atoms with Crippen LogP contribution in [0.4, 0.5) is 0 Å². The molecule has 0 radical (unpaired) electrons. The van der Waals surface area contributed by atoms with Crippen molar-refractivity contribution < 1.29 is 14.3 Å². The lowest BCUT2D eigenvalue weighted by atomic mass is 9.93. The van der Waals surface area contributed by atoms with Gasteiger partial charge in [-0.2, -0.15) is 0 Å². The normalized spacial score (nSPS) is 32.5. The van der Waals surface area contributed by atoms with Crippen molar-refractivity contribution in [3.63, 3.8) is 0 Å². The maximum atomic E-state index is 11.9. The minimum atomic E-state index is -0.698. The lowest BCUT2D eigenvalue weighted by Crippen LogP contribution is -2.40. The summed E-state index contributed by atoms with van der Waals surface area (Å²) in [5.74, 6) is -0.610. The highest BCUT2D eigenvalue weighted by Gasteiger charge is 2.51. The number of ketones is 1. The van der Waals surface area contributed by atoms with Crippen LogP contribution in [-0.4, -0.2) is 23.3 Å². The lowest BCUT2D eigenvalue weighted by molar-refractivity contribution is -0.158. The summed E-state index contributed by atoms with van der Waals surface area (Å²) in [5, 5.41) is 0. The molecular weight excluding hydrogens is 204 g/mol. The summed E-state index contributed by atoms with van der Waals surface area (Å²) < 4.78 is 11.6. The fraction of sp³-hybridized carbons (Fsp3) is 0.769. The maximum Gasteiger partial charge on any atom is 0.165 e. The van der Waals surface area contributed by atoms with E-state index in [-0.39, 0.29) is 5.78 Å². The number of rotatable bonds is 3. The highest BCUT2D eigenvalue weighted by atomic mass is 16.8. The first kappa shape index (κ1) is 13.4. The van der Waals surface area contributed by atoms with Gasteiger partial charge in [0.1, 0.15) is 5.60 Å². The Morgan fingerprint density at radius 1 is 1.31 bits per heavy atom. The predicted molar refractivity (Wildman–Crippen MR) is 63.2 cm³/mol. The average Bonchev–Trinajstić information content (AvgIpc) is 2.33. The third kappa shape index (κ3) is 2.71. The topological polar surface area (TPSA) is 35.5 Å². The van der Waals surface area contributed by atoms with Crippen LogP contribution < -0.4 is 0 Å². The van der Waals surface area contributed by atoms with Crippen LogP contribution in [0.15, 0.2) is 11.6 Å². The molecule has 0 bridgehead atoms. The molecule has 0 unspecified atom stereocenters. The number of carbonyl (C=O) groups is 1. The van der Waals surface area contributed by atoms with Gasteiger partial charge in [-0.3, -0.25) is 4.79 Å². The Morgan fingerprint density at radius 3 is 2.31 bits per heavy atom. The van der Waals surface area contributed by atoms with Crippen molar-refractivity contribution in [1.82, 2.24) is 0 Å². The molecule has 0 aromatic rings. The Kier molecular flexibility index (Phi) is 3.60. The minimum Gasteiger partial charge on any atom is -0.337 e. The third-order valence-electron chi connectivity index (χ3n) is 2.60. The van der Waals surface area contributed by atoms with Crippen molar-refractivity contribution >= 4 is 5.78 Å². The molecule has 1 aliphatic rings. The van der Waals surface area contributed by atoms with Gasteiger partial charge in [0, 0.05) is 6.42 Å². The number of hydrogen-bond acceptors (Lipinski definition) is 3. The van der Waals surface area contributed by atoms with Crippen LogP contribution in [-0.2, 0) is 14.3 Å². The standard InChI is InChI=1S/C13H22O3/c1-7-10(14)11-13(6,8-9(2)3)16-12(4,5)15-11/h8,11H,7H2,1-6H3/t11-,13+/m1/s1. The summed E-state index contributed by atoms with van der Waals surface area (Å²) in [7, 11) is 0. The summed E-state index contributed by atoms with van der Waals surface area (Å²) in [5.41, 5.74) is 0.479. The molecule has 0 aliphatic carbocycles. The van der Waals surface area contributed by atoms with E-state index < -0.39 is 17.5 Å². The van der Waals surface area contributed by atoms with Crippen LogP contribution in [0.5, 0.6) is 0 Å². The van der Waals surface area contributed by atoms with Crippen LogP contribution in [0.3, 0.4) is 0 Å². The van der Waals surface area contributed by atoms with Gasteiger partial charge in [0.15, 0.2) is 17.7 Å². The monoisotopic (exact) mass is 226 g/mol. The van der Waals surface area contributed by atoms with Gasteiger partial charge in [-0.1, -0.05) is 18.6 Å². The first-order chi connectivity index (χ1) is 7.20. The molecule has 1 fully saturated rings. The molecule has 0 aromatic carbocycles. The van der Waals surface area contributed by atoms with Gasteiger partial charge in [0.2, 0.25) is 0 Å². The number of hydrogen-bond donors (Lipinski definition) is 0. The van der Waals surface area contributed by atoms with E-state index in [1.807, 2.05) is 47.6 Å². The lowest BCUT2D eigenvalue weighted by Gasteiger charge is -2.25. The second-order valence-electron chi connectivity index (χ2n) is 5.23. The van der Waals surface area contributed by atoms with Crippen LogP contribution in [0.25, 0.3) is 0 Å². The molecule has 0 N–H and O–H groups in total. The van der Waals surface area contributed by atoms with Crippen LogP contribution in [0, 0.1) is 0 Å². The van der Waals surface area contributed by atoms with E-state index in [4.69, 9.17) is 9.47 Å². The molecular formula is C13H22O3. The van der Waals surface area contributed by atoms with Crippen molar-refractivity contribution in [2.75, 3.05) is 0 Å². The smallest absolute Gasteiger partial charge is 0.165 e. The van der Waals surface area contributed by atoms with Crippen molar-refractivity contribution in [1.29, 1.82) is 0 Å². The SMILES string of the molecule is CCC(=O)[C@H]1OC(C)(C)O[C@@]1(C)C=C(C)C. The Balaban J connectivity index is 3.05. The highest BCUT2D eigenvalue weighted by Crippen LogP contribution is 2.38. The third-order valence-corrected chi connectivity index (χ3v) is 2.60. The van der Waals surface area contributed by atoms with E-state index in [0.29, 0.717) is 6.42 Å². The zero-order valence-electron chi connectivity index (χ0n) is 11.1. The van der Waals surface area contributed by atoms with Crippen LogP contribution in [0.1, 0.15) is 48.0 Å². The predicted octanol–water partition coefficient (Wildman–Crippen LogP) is 2.84. The molecule has 0 spiro atoms. The second kappa shape index (κ2) is 4.30. The number of allylic oxidation sites excluding steroid dienone is 1. The maximum absolute atomic E-state index is 11.9. The number of ether oxygens (including phenoxy) is 2. The largest absolute Gasteiger partial charge is 0.337 e. The van der Waals surface area contributed by atoms with E-state index >= 15 is 0 Å². The number of Topliss-reactive ketones (excluding diaryl/α,β-unsaturated/α-hetero) is 1. The Labute approximate surface area is 97.8 Å². The summed E-state index contributed by atoms with van der Waals surface area (Å²) in [6.07, 6.45) is 1.94. The second-order valence-corrected chi connectivity index (χ2v) is 5.23. The van der Waals surface area contributed by atoms with E-state index in [9.17, 15) is 4.79 Å². The molecule has 3 heteroatoms. The molecule has 1 aliphatic heterocycles. The first-order valence-electron chi connectivity index (χ1n) is 5.77. The zero-order valence-corrected chi connectivity index (χ0v) is 11.1. The van der Waals surface area contributed by atoms with Crippen LogP contribution in [0.2, 0.25) is 0 Å². The summed E-state index contributed by atoms with van der Waals surface area (Å²) in [4.78, 5) is 11.9. The van der Waals surface area contributed by atoms with Gasteiger partial charge < -0.3 is 9.47 Å². The Morgan fingerprint density at radius 2 is 1.88 bits per heavy atom. The van der Waals surface area contributed by atoms with Gasteiger partial charge >= 0.3 is 0 Å². The minimum absolute atomic E-state index is 0.0885. The molecule has 0 aromatic heterocycles. The van der Waals surface area contributed by atoms with Crippen molar-refractivity contribution in [3.05, 3.63) is 11.6 Å². The molecule has 2 atom stereocenters. The Bertz CT molecular complexity index is 313. The van der Waals surface area contributed by atoms with Gasteiger partial charge in [-0.25, -0.2) is 0 Å². The van der Waals surface area contributed by atoms with Crippen molar-refractivity contribution in [2.45, 2.75) is 65.5 Å². The van der Waals surface area contributed by atoms with Gasteiger partial charge in [-0.05, 0) is 34.6 Å². The molecule has 3 nitrogen and oxygen atoms in total. The fourth-order valence-electron chi connectivity index (χ4n) is 2.26. The van der Waals surface area contributed by atoms with Crippen LogP contribution >= 0.6 is 0 Å². The van der Waals surface area contributed by atoms with Gasteiger partial charge in [0.25, 0.3) is 0 Å². The Hall–Kier alpha value is -0.670. The zero-order chi connectivity index (χ0) is 12.6. The summed E-state index contributed by atoms with van der Waals surface area (Å²) in [6, 6.07) is 0. The summed E-state index contributed by atoms with van der Waals surface area (Å²) >= 11 is 0. The summed E-state index contributed by atoms with van der Waals surface area (Å²) in [6.45, 7) is 11.4. The average molecular weight is 226 g/mol. The van der Waals surface area contributed by atoms with E-state index in [1.54, 1.807) is 0 Å². The molecule has 16 heavy (non-hydrogen) atoms. The molecule has 92 valence electrons. The van der Waals surface area contributed by atoms with E-state index in [2.05, 4.69) is 0 Å². The van der Waals surface area contributed by atoms with Gasteiger partial charge in [-0.15, -0.1) is 0 Å². The van der Waals surface area contributed by atoms with Crippen molar-refractivity contribution in [3.8, 4) is 0 Å². The van der Waals surface area contributed by atoms with Crippen molar-refractivity contribution in [2.24, 2.45) is 0 Å². The molecule has 0 amide bonds. The molecule has 1 saturated heterocycles. The number of carbonyl (C=O) groups excluding carboxylic acids is 1.